The van der Waals surface area contributed by atoms with Gasteiger partial charge in [-0.15, -0.1) is 0 Å². The Morgan fingerprint density at radius 3 is 2.79 bits per heavy atom. The summed E-state index contributed by atoms with van der Waals surface area (Å²) in [6, 6.07) is 3.72. The van der Waals surface area contributed by atoms with E-state index in [-0.39, 0.29) is 6.03 Å². The molecule has 0 saturated carbocycles. The van der Waals surface area contributed by atoms with Crippen molar-refractivity contribution in [2.45, 2.75) is 27.2 Å². The molecule has 4 nitrogen and oxygen atoms in total. The van der Waals surface area contributed by atoms with Crippen molar-refractivity contribution in [3.63, 3.8) is 0 Å². The van der Waals surface area contributed by atoms with E-state index >= 15 is 0 Å². The van der Waals surface area contributed by atoms with Crippen LogP contribution in [0.5, 0.6) is 5.75 Å². The van der Waals surface area contributed by atoms with Crippen molar-refractivity contribution in [1.29, 1.82) is 0 Å². The molecule has 1 aromatic carbocycles. The van der Waals surface area contributed by atoms with E-state index in [1.54, 1.807) is 6.92 Å². The van der Waals surface area contributed by atoms with Gasteiger partial charge < -0.3 is 15.4 Å². The molecule has 0 radical (unpaired) electrons. The van der Waals surface area contributed by atoms with Crippen molar-refractivity contribution in [2.75, 3.05) is 18.5 Å². The average Bonchev–Trinajstić information content (AvgIpc) is 2.32. The molecule has 0 unspecified atom stereocenters. The molecule has 5 heteroatoms. The lowest BCUT2D eigenvalue weighted by atomic mass is 10.1. The van der Waals surface area contributed by atoms with Gasteiger partial charge in [-0.2, -0.15) is 0 Å². The van der Waals surface area contributed by atoms with E-state index in [0.29, 0.717) is 30.5 Å². The molecule has 0 aromatic heterocycles. The molecule has 0 aliphatic carbocycles. The van der Waals surface area contributed by atoms with Crippen molar-refractivity contribution in [1.82, 2.24) is 5.32 Å². The van der Waals surface area contributed by atoms with Gasteiger partial charge in [0.25, 0.3) is 0 Å². The first-order valence-electron chi connectivity index (χ1n) is 6.50. The number of hydrogen-bond donors (Lipinski definition) is 2. The zero-order chi connectivity index (χ0) is 14.3. The number of ether oxygens (including phenoxy) is 1. The molecule has 1 rings (SSSR count). The van der Waals surface area contributed by atoms with Gasteiger partial charge in [-0.3, -0.25) is 0 Å². The summed E-state index contributed by atoms with van der Waals surface area (Å²) in [5.41, 5.74) is 0.463. The minimum atomic E-state index is -0.394. The average molecular weight is 268 g/mol. The molecule has 0 aliphatic heterocycles. The van der Waals surface area contributed by atoms with E-state index < -0.39 is 5.82 Å². The second-order valence-corrected chi connectivity index (χ2v) is 4.64. The largest absolute Gasteiger partial charge is 0.492 e. The molecule has 0 heterocycles. The Bertz CT molecular complexity index is 422. The van der Waals surface area contributed by atoms with Gasteiger partial charge in [-0.1, -0.05) is 13.8 Å². The maximum Gasteiger partial charge on any atom is 0.319 e. The fraction of sp³-hybridized carbons (Fsp3) is 0.500. The Balaban J connectivity index is 2.58. The number of nitrogens with one attached hydrogen (secondary N) is 2. The van der Waals surface area contributed by atoms with Gasteiger partial charge in [0.05, 0.1) is 12.3 Å². The summed E-state index contributed by atoms with van der Waals surface area (Å²) in [5.74, 6) is 0.473. The first kappa shape index (κ1) is 15.3. The topological polar surface area (TPSA) is 50.4 Å². The van der Waals surface area contributed by atoms with Crippen molar-refractivity contribution >= 4 is 11.7 Å². The van der Waals surface area contributed by atoms with Crippen molar-refractivity contribution in [3.8, 4) is 5.75 Å². The smallest absolute Gasteiger partial charge is 0.319 e. The molecule has 1 aromatic rings. The molecule has 0 saturated heterocycles. The van der Waals surface area contributed by atoms with Crippen LogP contribution in [0.2, 0.25) is 0 Å². The predicted octanol–water partition coefficient (Wildman–Crippen LogP) is 3.39. The van der Waals surface area contributed by atoms with Crippen LogP contribution in [-0.4, -0.2) is 19.2 Å². The third-order valence-corrected chi connectivity index (χ3v) is 2.50. The maximum atomic E-state index is 13.1. The van der Waals surface area contributed by atoms with Crippen LogP contribution in [0.1, 0.15) is 27.2 Å². The number of carbonyl (C=O) groups excluding carboxylic acids is 1. The summed E-state index contributed by atoms with van der Waals surface area (Å²) in [7, 11) is 0. The monoisotopic (exact) mass is 268 g/mol. The lowest BCUT2D eigenvalue weighted by molar-refractivity contribution is 0.251. The minimum absolute atomic E-state index is 0.312. The number of amides is 2. The van der Waals surface area contributed by atoms with Crippen LogP contribution in [0.3, 0.4) is 0 Å². The molecule has 0 atom stereocenters. The molecule has 0 spiro atoms. The third-order valence-electron chi connectivity index (χ3n) is 2.50. The van der Waals surface area contributed by atoms with Crippen LogP contribution in [0.25, 0.3) is 0 Å². The number of carbonyl (C=O) groups is 1. The highest BCUT2D eigenvalue weighted by atomic mass is 19.1. The van der Waals surface area contributed by atoms with Crippen molar-refractivity contribution < 1.29 is 13.9 Å². The number of benzene rings is 1. The Morgan fingerprint density at radius 1 is 1.42 bits per heavy atom. The van der Waals surface area contributed by atoms with Crippen molar-refractivity contribution in [2.24, 2.45) is 5.92 Å². The summed E-state index contributed by atoms with van der Waals surface area (Å²) in [6.07, 6.45) is 0.912. The number of anilines is 1. The Hall–Kier alpha value is -1.78. The van der Waals surface area contributed by atoms with Gasteiger partial charge in [-0.25, -0.2) is 9.18 Å². The number of halogens is 1. The quantitative estimate of drug-likeness (QED) is 0.830. The standard InChI is InChI=1S/C14H21FN2O2/c1-4-19-13-9-11(15)5-6-12(13)17-14(18)16-8-7-10(2)3/h5-6,9-10H,4,7-8H2,1-3H3,(H2,16,17,18). The van der Waals surface area contributed by atoms with Gasteiger partial charge in [0, 0.05) is 12.6 Å². The van der Waals surface area contributed by atoms with Gasteiger partial charge in [0.1, 0.15) is 11.6 Å². The SMILES string of the molecule is CCOc1cc(F)ccc1NC(=O)NCCC(C)C. The van der Waals surface area contributed by atoms with E-state index in [1.165, 1.54) is 18.2 Å². The summed E-state index contributed by atoms with van der Waals surface area (Å²) in [6.45, 7) is 7.00. The van der Waals surface area contributed by atoms with E-state index in [4.69, 9.17) is 4.74 Å². The summed E-state index contributed by atoms with van der Waals surface area (Å²) in [4.78, 5) is 11.7. The molecule has 0 aliphatic rings. The maximum absolute atomic E-state index is 13.1. The molecule has 0 bridgehead atoms. The van der Waals surface area contributed by atoms with Gasteiger partial charge >= 0.3 is 6.03 Å². The molecule has 2 N–H and O–H groups in total. The molecule has 106 valence electrons. The second-order valence-electron chi connectivity index (χ2n) is 4.64. The highest BCUT2D eigenvalue weighted by Crippen LogP contribution is 2.25. The third kappa shape index (κ3) is 5.59. The Morgan fingerprint density at radius 2 is 2.16 bits per heavy atom. The lowest BCUT2D eigenvalue weighted by Gasteiger charge is -2.12. The van der Waals surface area contributed by atoms with Crippen molar-refractivity contribution in [3.05, 3.63) is 24.0 Å². The minimum Gasteiger partial charge on any atom is -0.492 e. The fourth-order valence-electron chi connectivity index (χ4n) is 1.52. The Labute approximate surface area is 113 Å². The number of urea groups is 1. The number of rotatable bonds is 6. The Kier molecular flexibility index (Phi) is 6.12. The first-order valence-corrected chi connectivity index (χ1v) is 6.50. The molecular formula is C14H21FN2O2. The molecule has 19 heavy (non-hydrogen) atoms. The zero-order valence-electron chi connectivity index (χ0n) is 11.6. The van der Waals surface area contributed by atoms with Crippen LogP contribution in [-0.2, 0) is 0 Å². The highest BCUT2D eigenvalue weighted by molar-refractivity contribution is 5.90. The molecule has 2 amide bonds. The zero-order valence-corrected chi connectivity index (χ0v) is 11.6. The van der Waals surface area contributed by atoms with Gasteiger partial charge in [-0.05, 0) is 31.4 Å². The van der Waals surface area contributed by atoms with E-state index in [2.05, 4.69) is 24.5 Å². The van der Waals surface area contributed by atoms with Crippen LogP contribution in [0.15, 0.2) is 18.2 Å². The van der Waals surface area contributed by atoms with Crippen LogP contribution >= 0.6 is 0 Å². The van der Waals surface area contributed by atoms with E-state index in [9.17, 15) is 9.18 Å². The lowest BCUT2D eigenvalue weighted by Crippen LogP contribution is -2.30. The van der Waals surface area contributed by atoms with Crippen LogP contribution in [0, 0.1) is 11.7 Å². The summed E-state index contributed by atoms with van der Waals surface area (Å²) < 4.78 is 18.4. The van der Waals surface area contributed by atoms with E-state index in [0.717, 1.165) is 6.42 Å². The van der Waals surface area contributed by atoms with E-state index in [1.807, 2.05) is 0 Å². The molecular weight excluding hydrogens is 247 g/mol. The van der Waals surface area contributed by atoms with Crippen LogP contribution < -0.4 is 15.4 Å². The second kappa shape index (κ2) is 7.61. The highest BCUT2D eigenvalue weighted by Gasteiger charge is 2.08. The van der Waals surface area contributed by atoms with Crippen LogP contribution in [0.4, 0.5) is 14.9 Å². The number of hydrogen-bond acceptors (Lipinski definition) is 2. The normalized spacial score (nSPS) is 10.4. The van der Waals surface area contributed by atoms with Gasteiger partial charge in [0.2, 0.25) is 0 Å². The predicted molar refractivity (Wildman–Crippen MR) is 74.0 cm³/mol. The van der Waals surface area contributed by atoms with Gasteiger partial charge in [0.15, 0.2) is 0 Å². The fourth-order valence-corrected chi connectivity index (χ4v) is 1.52. The summed E-state index contributed by atoms with van der Waals surface area (Å²) >= 11 is 0. The first-order chi connectivity index (χ1) is 9.02. The molecule has 0 fully saturated rings. The summed E-state index contributed by atoms with van der Waals surface area (Å²) in [5, 5.41) is 5.40.